The van der Waals surface area contributed by atoms with Gasteiger partial charge in [-0.05, 0) is 41.8 Å². The van der Waals surface area contributed by atoms with Gasteiger partial charge in [0.1, 0.15) is 0 Å². The molecule has 0 aliphatic rings. The van der Waals surface area contributed by atoms with Gasteiger partial charge >= 0.3 is 0 Å². The van der Waals surface area contributed by atoms with Crippen molar-refractivity contribution in [3.63, 3.8) is 0 Å². The molecule has 0 unspecified atom stereocenters. The lowest BCUT2D eigenvalue weighted by Gasteiger charge is -2.12. The van der Waals surface area contributed by atoms with E-state index >= 15 is 0 Å². The average Bonchev–Trinajstić information content (AvgIpc) is 3.18. The molecule has 0 bridgehead atoms. The third-order valence-electron chi connectivity index (χ3n) is 4.43. The summed E-state index contributed by atoms with van der Waals surface area (Å²) in [4.78, 5) is 15.4. The molecule has 0 saturated heterocycles. The first-order valence-corrected chi connectivity index (χ1v) is 9.59. The standard InChI is InChI=1S/C23H26N2O5/c1-27-15-29-21-9-7-17(13-22(21)30-16-28-2)8-10-23(26)24-12-11-18-14-25-20-6-4-3-5-19(18)20/h3-10,13-14,25H,11-12,15-16H2,1-2H3,(H,24,26)/b10-8+. The lowest BCUT2D eigenvalue weighted by Crippen LogP contribution is -2.23. The van der Waals surface area contributed by atoms with Gasteiger partial charge in [0.2, 0.25) is 5.91 Å². The number of benzene rings is 2. The van der Waals surface area contributed by atoms with Gasteiger partial charge in [-0.1, -0.05) is 24.3 Å². The number of H-pyrrole nitrogens is 1. The van der Waals surface area contributed by atoms with Crippen molar-refractivity contribution >= 4 is 22.9 Å². The number of fused-ring (bicyclic) bond motifs is 1. The predicted octanol–water partition coefficient (Wildman–Crippen LogP) is 3.51. The van der Waals surface area contributed by atoms with Gasteiger partial charge in [-0.25, -0.2) is 0 Å². The van der Waals surface area contributed by atoms with Crippen molar-refractivity contribution in [3.8, 4) is 11.5 Å². The average molecular weight is 410 g/mol. The van der Waals surface area contributed by atoms with Crippen LogP contribution in [-0.4, -0.2) is 45.2 Å². The number of aromatic nitrogens is 1. The molecule has 0 aliphatic heterocycles. The van der Waals surface area contributed by atoms with E-state index in [9.17, 15) is 4.79 Å². The Balaban J connectivity index is 1.55. The molecule has 30 heavy (non-hydrogen) atoms. The molecule has 3 aromatic rings. The van der Waals surface area contributed by atoms with E-state index < -0.39 is 0 Å². The van der Waals surface area contributed by atoms with E-state index in [1.54, 1.807) is 32.4 Å². The summed E-state index contributed by atoms with van der Waals surface area (Å²) in [5.74, 6) is 0.888. The van der Waals surface area contributed by atoms with Gasteiger partial charge in [0.05, 0.1) is 0 Å². The lowest BCUT2D eigenvalue weighted by atomic mass is 10.1. The number of para-hydroxylation sites is 1. The van der Waals surface area contributed by atoms with Crippen LogP contribution in [0.15, 0.2) is 54.7 Å². The summed E-state index contributed by atoms with van der Waals surface area (Å²) in [6, 6.07) is 13.5. The fourth-order valence-corrected chi connectivity index (χ4v) is 2.99. The molecule has 2 N–H and O–H groups in total. The molecule has 1 amide bonds. The number of carbonyl (C=O) groups excluding carboxylic acids is 1. The molecule has 1 heterocycles. The Kier molecular flexibility index (Phi) is 7.88. The summed E-state index contributed by atoms with van der Waals surface area (Å²) in [6.45, 7) is 0.749. The predicted molar refractivity (Wildman–Crippen MR) is 115 cm³/mol. The first kappa shape index (κ1) is 21.4. The smallest absolute Gasteiger partial charge is 0.244 e. The maximum absolute atomic E-state index is 12.2. The van der Waals surface area contributed by atoms with Crippen molar-refractivity contribution in [3.05, 3.63) is 65.9 Å². The monoisotopic (exact) mass is 410 g/mol. The van der Waals surface area contributed by atoms with Crippen molar-refractivity contribution < 1.29 is 23.7 Å². The van der Waals surface area contributed by atoms with Crippen LogP contribution in [0.2, 0.25) is 0 Å². The Morgan fingerprint density at radius 2 is 1.80 bits per heavy atom. The molecule has 0 fully saturated rings. The van der Waals surface area contributed by atoms with Gasteiger partial charge in [-0.3, -0.25) is 4.79 Å². The van der Waals surface area contributed by atoms with E-state index in [1.165, 1.54) is 17.0 Å². The van der Waals surface area contributed by atoms with E-state index in [4.69, 9.17) is 18.9 Å². The zero-order chi connectivity index (χ0) is 21.2. The minimum Gasteiger partial charge on any atom is -0.464 e. The number of hydrogen-bond acceptors (Lipinski definition) is 5. The first-order chi connectivity index (χ1) is 14.7. The molecule has 0 atom stereocenters. The quantitative estimate of drug-likeness (QED) is 0.373. The largest absolute Gasteiger partial charge is 0.464 e. The zero-order valence-corrected chi connectivity index (χ0v) is 17.1. The van der Waals surface area contributed by atoms with Crippen LogP contribution in [0, 0.1) is 0 Å². The molecule has 3 rings (SSSR count). The molecule has 0 saturated carbocycles. The number of amides is 1. The van der Waals surface area contributed by atoms with E-state index in [0.717, 1.165) is 17.5 Å². The van der Waals surface area contributed by atoms with Gasteiger partial charge in [0.25, 0.3) is 0 Å². The minimum atomic E-state index is -0.158. The highest BCUT2D eigenvalue weighted by Gasteiger charge is 2.07. The number of nitrogens with one attached hydrogen (secondary N) is 2. The van der Waals surface area contributed by atoms with Gasteiger partial charge < -0.3 is 29.2 Å². The first-order valence-electron chi connectivity index (χ1n) is 9.59. The second-order valence-electron chi connectivity index (χ2n) is 6.54. The summed E-state index contributed by atoms with van der Waals surface area (Å²) in [7, 11) is 3.09. The molecule has 0 aliphatic carbocycles. The summed E-state index contributed by atoms with van der Waals surface area (Å²) in [6.07, 6.45) is 5.96. The van der Waals surface area contributed by atoms with Crippen LogP contribution in [0.5, 0.6) is 11.5 Å². The SMILES string of the molecule is COCOc1ccc(/C=C/C(=O)NCCc2c[nH]c3ccccc23)cc1OCOC. The minimum absolute atomic E-state index is 0.0881. The Hall–Kier alpha value is -3.29. The highest BCUT2D eigenvalue weighted by Crippen LogP contribution is 2.29. The Morgan fingerprint density at radius 1 is 1.03 bits per heavy atom. The van der Waals surface area contributed by atoms with Crippen molar-refractivity contribution in [2.45, 2.75) is 6.42 Å². The van der Waals surface area contributed by atoms with Gasteiger partial charge in [0.15, 0.2) is 25.1 Å². The third-order valence-corrected chi connectivity index (χ3v) is 4.43. The molecule has 7 nitrogen and oxygen atoms in total. The molecular weight excluding hydrogens is 384 g/mol. The van der Waals surface area contributed by atoms with Crippen LogP contribution in [0.3, 0.4) is 0 Å². The maximum Gasteiger partial charge on any atom is 0.244 e. The van der Waals surface area contributed by atoms with Gasteiger partial charge in [0, 0.05) is 43.9 Å². The van der Waals surface area contributed by atoms with Crippen molar-refractivity contribution in [1.82, 2.24) is 10.3 Å². The Morgan fingerprint density at radius 3 is 2.60 bits per heavy atom. The molecule has 158 valence electrons. The summed E-state index contributed by atoms with van der Waals surface area (Å²) < 4.78 is 20.9. The number of carbonyl (C=O) groups is 1. The van der Waals surface area contributed by atoms with Crippen molar-refractivity contribution in [2.24, 2.45) is 0 Å². The third kappa shape index (κ3) is 5.85. The second-order valence-corrected chi connectivity index (χ2v) is 6.54. The molecule has 1 aromatic heterocycles. The number of hydrogen-bond donors (Lipinski definition) is 2. The van der Waals surface area contributed by atoms with E-state index in [0.29, 0.717) is 18.0 Å². The number of ether oxygens (including phenoxy) is 4. The van der Waals surface area contributed by atoms with Crippen LogP contribution in [0.1, 0.15) is 11.1 Å². The second kappa shape index (κ2) is 11.0. The topological polar surface area (TPSA) is 81.8 Å². The van der Waals surface area contributed by atoms with Crippen LogP contribution in [0.25, 0.3) is 17.0 Å². The Bertz CT molecular complexity index is 996. The zero-order valence-electron chi connectivity index (χ0n) is 17.1. The molecular formula is C23H26N2O5. The molecule has 7 heteroatoms. The van der Waals surface area contributed by atoms with Gasteiger partial charge in [-0.15, -0.1) is 0 Å². The fraction of sp³-hybridized carbons (Fsp3) is 0.261. The number of aromatic amines is 1. The van der Waals surface area contributed by atoms with Crippen LogP contribution in [-0.2, 0) is 20.7 Å². The van der Waals surface area contributed by atoms with Crippen molar-refractivity contribution in [1.29, 1.82) is 0 Å². The van der Waals surface area contributed by atoms with E-state index in [-0.39, 0.29) is 19.5 Å². The normalized spacial score (nSPS) is 11.1. The fourth-order valence-electron chi connectivity index (χ4n) is 2.99. The highest BCUT2D eigenvalue weighted by atomic mass is 16.7. The number of rotatable bonds is 11. The number of methoxy groups -OCH3 is 2. The summed E-state index contributed by atoms with van der Waals surface area (Å²) in [5, 5.41) is 4.09. The molecule has 0 radical (unpaired) electrons. The van der Waals surface area contributed by atoms with Crippen LogP contribution >= 0.6 is 0 Å². The summed E-state index contributed by atoms with van der Waals surface area (Å²) in [5.41, 5.74) is 3.09. The van der Waals surface area contributed by atoms with Crippen LogP contribution < -0.4 is 14.8 Å². The van der Waals surface area contributed by atoms with Crippen molar-refractivity contribution in [2.75, 3.05) is 34.4 Å². The van der Waals surface area contributed by atoms with Gasteiger partial charge in [-0.2, -0.15) is 0 Å². The van der Waals surface area contributed by atoms with E-state index in [1.807, 2.05) is 30.5 Å². The molecule has 2 aromatic carbocycles. The Labute approximate surface area is 175 Å². The maximum atomic E-state index is 12.2. The van der Waals surface area contributed by atoms with Crippen LogP contribution in [0.4, 0.5) is 0 Å². The lowest BCUT2D eigenvalue weighted by molar-refractivity contribution is -0.116. The van der Waals surface area contributed by atoms with E-state index in [2.05, 4.69) is 16.4 Å². The highest BCUT2D eigenvalue weighted by molar-refractivity contribution is 5.91. The molecule has 0 spiro atoms. The summed E-state index contributed by atoms with van der Waals surface area (Å²) >= 11 is 0.